The van der Waals surface area contributed by atoms with E-state index in [-0.39, 0.29) is 11.8 Å². The van der Waals surface area contributed by atoms with Crippen LogP contribution in [0.15, 0.2) is 30.4 Å². The topological polar surface area (TPSA) is 58.6 Å². The Morgan fingerprint density at radius 2 is 1.82 bits per heavy atom. The van der Waals surface area contributed by atoms with Crippen molar-refractivity contribution in [3.8, 4) is 5.75 Å². The minimum Gasteiger partial charge on any atom is -0.497 e. The van der Waals surface area contributed by atoms with Crippen molar-refractivity contribution in [2.24, 2.45) is 17.3 Å². The molecule has 0 radical (unpaired) electrons. The van der Waals surface area contributed by atoms with E-state index in [4.69, 9.17) is 4.74 Å². The van der Waals surface area contributed by atoms with Crippen molar-refractivity contribution in [3.05, 3.63) is 41.5 Å². The van der Waals surface area contributed by atoms with Gasteiger partial charge in [-0.3, -0.25) is 14.5 Å². The first-order valence-corrected chi connectivity index (χ1v) is 13.4. The summed E-state index contributed by atoms with van der Waals surface area (Å²) in [7, 11) is 1.77. The number of ether oxygens (including phenoxy) is 1. The number of aryl methyl sites for hydroxylation is 1. The molecule has 34 heavy (non-hydrogen) atoms. The number of methoxy groups -OCH3 is 1. The van der Waals surface area contributed by atoms with E-state index in [0.29, 0.717) is 18.0 Å². The number of nitrogens with one attached hydrogen (secondary N) is 1. The van der Waals surface area contributed by atoms with Gasteiger partial charge in [0.05, 0.1) is 7.11 Å². The van der Waals surface area contributed by atoms with Crippen LogP contribution in [0.4, 0.5) is 0 Å². The molecule has 1 aliphatic heterocycles. The van der Waals surface area contributed by atoms with Crippen LogP contribution in [-0.4, -0.2) is 43.0 Å². The zero-order valence-electron chi connectivity index (χ0n) is 20.9. The molecular weight excluding hydrogens is 424 g/mol. The minimum absolute atomic E-state index is 0.161. The molecule has 1 N–H and O–H groups in total. The Balaban J connectivity index is 1.08. The zero-order valence-corrected chi connectivity index (χ0v) is 20.9. The van der Waals surface area contributed by atoms with Crippen LogP contribution in [0.3, 0.4) is 0 Å². The van der Waals surface area contributed by atoms with Crippen molar-refractivity contribution >= 4 is 11.8 Å². The Labute approximate surface area is 204 Å². The lowest BCUT2D eigenvalue weighted by Gasteiger charge is -2.51. The Morgan fingerprint density at radius 3 is 2.62 bits per heavy atom. The predicted octanol–water partition coefficient (Wildman–Crippen LogP) is 4.99. The van der Waals surface area contributed by atoms with Crippen LogP contribution in [0.25, 0.3) is 0 Å². The quantitative estimate of drug-likeness (QED) is 0.413. The van der Waals surface area contributed by atoms with E-state index < -0.39 is 0 Å². The van der Waals surface area contributed by atoms with Gasteiger partial charge in [-0.05, 0) is 104 Å². The van der Waals surface area contributed by atoms with Gasteiger partial charge in [0.2, 0.25) is 0 Å². The van der Waals surface area contributed by atoms with Gasteiger partial charge in [-0.1, -0.05) is 25.8 Å². The van der Waals surface area contributed by atoms with Gasteiger partial charge in [0, 0.05) is 24.7 Å². The highest BCUT2D eigenvalue weighted by molar-refractivity contribution is 6.12. The van der Waals surface area contributed by atoms with Crippen LogP contribution in [-0.2, 0) is 16.0 Å². The Bertz CT molecular complexity index is 939. The molecule has 0 spiro atoms. The number of hydrogen-bond acceptors (Lipinski definition) is 4. The summed E-state index contributed by atoms with van der Waals surface area (Å²) in [5, 5.41) is 3.95. The maximum absolute atomic E-state index is 11.6. The molecule has 2 fully saturated rings. The van der Waals surface area contributed by atoms with Gasteiger partial charge in [-0.25, -0.2) is 0 Å². The van der Waals surface area contributed by atoms with Crippen LogP contribution in [0, 0.1) is 17.3 Å². The van der Waals surface area contributed by atoms with Gasteiger partial charge in [0.15, 0.2) is 0 Å². The summed E-state index contributed by atoms with van der Waals surface area (Å²) < 4.78 is 5.48. The van der Waals surface area contributed by atoms with Crippen molar-refractivity contribution < 1.29 is 14.3 Å². The number of carbonyl (C=O) groups excluding carboxylic acids is 2. The van der Waals surface area contributed by atoms with Crippen LogP contribution in [0.2, 0.25) is 0 Å². The molecule has 0 bridgehead atoms. The van der Waals surface area contributed by atoms with Gasteiger partial charge in [0.25, 0.3) is 11.8 Å². The summed E-state index contributed by atoms with van der Waals surface area (Å²) in [4.78, 5) is 24.6. The molecule has 5 heteroatoms. The molecule has 1 aromatic rings. The Kier molecular flexibility index (Phi) is 6.83. The molecule has 0 saturated heterocycles. The fourth-order valence-electron chi connectivity index (χ4n) is 7.70. The summed E-state index contributed by atoms with van der Waals surface area (Å²) in [6.07, 6.45) is 14.9. The molecular formula is C29H40N2O3. The molecule has 2 unspecified atom stereocenters. The smallest absolute Gasteiger partial charge is 0.253 e. The maximum Gasteiger partial charge on any atom is 0.253 e. The largest absolute Gasteiger partial charge is 0.497 e. The first-order chi connectivity index (χ1) is 16.5. The van der Waals surface area contributed by atoms with Gasteiger partial charge in [-0.2, -0.15) is 0 Å². The second-order valence-electron chi connectivity index (χ2n) is 11.2. The fourth-order valence-corrected chi connectivity index (χ4v) is 7.70. The monoisotopic (exact) mass is 464 g/mol. The van der Waals surface area contributed by atoms with Crippen LogP contribution >= 0.6 is 0 Å². The minimum atomic E-state index is -0.161. The third-order valence-corrected chi connectivity index (χ3v) is 9.53. The van der Waals surface area contributed by atoms with Gasteiger partial charge < -0.3 is 10.1 Å². The van der Waals surface area contributed by atoms with Gasteiger partial charge in [-0.15, -0.1) is 0 Å². The van der Waals surface area contributed by atoms with Crippen LogP contribution < -0.4 is 10.1 Å². The van der Waals surface area contributed by atoms with Crippen molar-refractivity contribution in [2.45, 2.75) is 83.1 Å². The lowest BCUT2D eigenvalue weighted by molar-refractivity contribution is -0.136. The van der Waals surface area contributed by atoms with E-state index in [0.717, 1.165) is 49.3 Å². The summed E-state index contributed by atoms with van der Waals surface area (Å²) in [5.41, 5.74) is 3.55. The van der Waals surface area contributed by atoms with E-state index in [9.17, 15) is 9.59 Å². The lowest BCUT2D eigenvalue weighted by Crippen LogP contribution is -2.48. The molecule has 5 rings (SSSR count). The van der Waals surface area contributed by atoms with Crippen LogP contribution in [0.5, 0.6) is 5.75 Å². The Morgan fingerprint density at radius 1 is 1.03 bits per heavy atom. The van der Waals surface area contributed by atoms with Gasteiger partial charge >= 0.3 is 0 Å². The molecule has 1 heterocycles. The molecule has 2 amide bonds. The second-order valence-corrected chi connectivity index (χ2v) is 11.2. The average molecular weight is 465 g/mol. The van der Waals surface area contributed by atoms with E-state index in [2.05, 4.69) is 30.4 Å². The molecule has 2 saturated carbocycles. The maximum atomic E-state index is 11.6. The molecule has 4 aliphatic rings. The molecule has 5 atom stereocenters. The third kappa shape index (κ3) is 4.32. The van der Waals surface area contributed by atoms with Crippen molar-refractivity contribution in [1.29, 1.82) is 0 Å². The molecule has 184 valence electrons. The van der Waals surface area contributed by atoms with E-state index in [1.165, 1.54) is 67.6 Å². The number of unbranched alkanes of at least 4 members (excludes halogenated alkanes) is 3. The molecule has 3 aliphatic carbocycles. The predicted molar refractivity (Wildman–Crippen MR) is 134 cm³/mol. The number of fused-ring (bicyclic) bond motifs is 5. The van der Waals surface area contributed by atoms with E-state index >= 15 is 0 Å². The molecule has 0 aromatic heterocycles. The Hall–Kier alpha value is -2.14. The fraction of sp³-hybridized carbons (Fsp3) is 0.655. The van der Waals surface area contributed by atoms with Crippen molar-refractivity contribution in [1.82, 2.24) is 10.2 Å². The number of benzene rings is 1. The summed E-state index contributed by atoms with van der Waals surface area (Å²) >= 11 is 0. The van der Waals surface area contributed by atoms with Crippen LogP contribution in [0.1, 0.15) is 81.8 Å². The highest BCUT2D eigenvalue weighted by atomic mass is 16.5. The SMILES string of the molecule is COc1ccc2c(c1)CC[C@@H]1[C@@H]2CCC2(C)C(NCCCCCCN3C(=O)C=CC3=O)CC[C@@H]12. The number of amides is 2. The molecule has 5 nitrogen and oxygen atoms in total. The normalized spacial score (nSPS) is 32.0. The van der Waals surface area contributed by atoms with E-state index in [1.54, 1.807) is 12.7 Å². The lowest BCUT2D eigenvalue weighted by atomic mass is 9.55. The first-order valence-electron chi connectivity index (χ1n) is 13.4. The average Bonchev–Trinajstić information content (AvgIpc) is 3.36. The third-order valence-electron chi connectivity index (χ3n) is 9.53. The zero-order chi connectivity index (χ0) is 23.7. The van der Waals surface area contributed by atoms with Crippen molar-refractivity contribution in [2.75, 3.05) is 20.2 Å². The van der Waals surface area contributed by atoms with Crippen molar-refractivity contribution in [3.63, 3.8) is 0 Å². The summed E-state index contributed by atoms with van der Waals surface area (Å²) in [6, 6.07) is 7.42. The first kappa shape index (κ1) is 23.6. The van der Waals surface area contributed by atoms with E-state index in [1.807, 2.05) is 0 Å². The summed E-state index contributed by atoms with van der Waals surface area (Å²) in [5.74, 6) is 3.08. The second kappa shape index (κ2) is 9.85. The number of nitrogens with zero attached hydrogens (tertiary/aromatic N) is 1. The van der Waals surface area contributed by atoms with Gasteiger partial charge in [0.1, 0.15) is 5.75 Å². The highest BCUT2D eigenvalue weighted by Crippen LogP contribution is 2.61. The molecule has 1 aromatic carbocycles. The standard InChI is InChI=1S/C29H40N2O3/c1-29-16-15-23-22-10-8-21(34-2)19-20(22)7-9-24(23)25(29)11-12-26(29)30-17-5-3-4-6-18-31-27(32)13-14-28(31)33/h8,10,13-14,19,23-26,30H,3-7,9,11-12,15-18H2,1-2H3/t23-,24-,25+,26?,29?/m1/s1. The number of hydrogen-bond donors (Lipinski definition) is 1. The number of imide groups is 1. The highest BCUT2D eigenvalue weighted by Gasteiger charge is 2.54. The number of carbonyl (C=O) groups is 2. The number of rotatable bonds is 9. The summed E-state index contributed by atoms with van der Waals surface area (Å²) in [6.45, 7) is 4.20.